The zero-order chi connectivity index (χ0) is 42.2. The van der Waals surface area contributed by atoms with Crippen LogP contribution in [0.4, 0.5) is 0 Å². The highest BCUT2D eigenvalue weighted by Crippen LogP contribution is 2.42. The molecule has 0 radical (unpaired) electrons. The first-order chi connectivity index (χ1) is 30.2. The van der Waals surface area contributed by atoms with Crippen LogP contribution in [0.15, 0.2) is 198 Å². The number of aromatic nitrogens is 4. The molecule has 262 valence electrons. The van der Waals surface area contributed by atoms with Gasteiger partial charge in [0.1, 0.15) is 11.2 Å². The molecule has 5 heteroatoms. The molecule has 0 atom stereocenters. The number of fused-ring (bicyclic) bond motifs is 6. The van der Waals surface area contributed by atoms with E-state index in [1.165, 1.54) is 12.1 Å². The van der Waals surface area contributed by atoms with Crippen molar-refractivity contribution < 1.29 is 12.6 Å². The highest BCUT2D eigenvalue weighted by molar-refractivity contribution is 6.13. The van der Waals surface area contributed by atoms with E-state index in [0.717, 1.165) is 49.7 Å². The van der Waals surface area contributed by atoms with Crippen LogP contribution in [0.5, 0.6) is 0 Å². The second-order valence-electron chi connectivity index (χ2n) is 13.6. The number of hydrogen-bond acceptors (Lipinski definition) is 4. The Balaban J connectivity index is 1.19. The summed E-state index contributed by atoms with van der Waals surface area (Å²) in [5.74, 6) is 1.56. The molecule has 0 spiro atoms. The van der Waals surface area contributed by atoms with Gasteiger partial charge in [-0.15, -0.1) is 0 Å². The highest BCUT2D eigenvalue weighted by atomic mass is 16.3. The number of rotatable bonds is 6. The van der Waals surface area contributed by atoms with E-state index >= 15 is 0 Å². The van der Waals surface area contributed by atoms with Gasteiger partial charge < -0.3 is 8.98 Å². The van der Waals surface area contributed by atoms with Crippen LogP contribution in [0.25, 0.3) is 106 Å². The molecule has 0 amide bonds. The van der Waals surface area contributed by atoms with Crippen molar-refractivity contribution in [3.05, 3.63) is 194 Å². The summed E-state index contributed by atoms with van der Waals surface area (Å²) < 4.78 is 61.9. The van der Waals surface area contributed by atoms with Gasteiger partial charge in [0.2, 0.25) is 0 Å². The maximum atomic E-state index is 9.14. The van der Waals surface area contributed by atoms with Crippen molar-refractivity contribution in [1.82, 2.24) is 19.5 Å². The lowest BCUT2D eigenvalue weighted by Gasteiger charge is -2.12. The SMILES string of the molecule is [2H]c1cc([2H])c2c(c1[2H])c1c([2H])c([2H])cc([2H])c1n2-c1cc(-c2cccc(-c3ccccc3)c2)c2oc3cc(-c4nc(-c5ccccc5)nc(-c5ccccc5)n4)ccc3c2c1. The van der Waals surface area contributed by atoms with Crippen LogP contribution >= 0.6 is 0 Å². The summed E-state index contributed by atoms with van der Waals surface area (Å²) in [5.41, 5.74) is 8.42. The average Bonchev–Trinajstić information content (AvgIpc) is 3.88. The van der Waals surface area contributed by atoms with Gasteiger partial charge in [-0.3, -0.25) is 0 Å². The predicted octanol–water partition coefficient (Wildman–Crippen LogP) is 13.2. The normalized spacial score (nSPS) is 13.1. The van der Waals surface area contributed by atoms with E-state index in [1.807, 2.05) is 121 Å². The third-order valence-electron chi connectivity index (χ3n) is 10.2. The third kappa shape index (κ3) is 5.37. The van der Waals surface area contributed by atoms with Crippen molar-refractivity contribution >= 4 is 43.7 Å². The highest BCUT2D eigenvalue weighted by Gasteiger charge is 2.20. The molecule has 0 N–H and O–H groups in total. The monoisotopic (exact) mass is 722 g/mol. The van der Waals surface area contributed by atoms with Gasteiger partial charge in [-0.05, 0) is 59.1 Å². The zero-order valence-electron chi connectivity index (χ0n) is 35.7. The molecule has 5 nitrogen and oxygen atoms in total. The van der Waals surface area contributed by atoms with Crippen LogP contribution in [-0.4, -0.2) is 19.5 Å². The van der Waals surface area contributed by atoms with Crippen molar-refractivity contribution in [3.8, 4) is 62.1 Å². The lowest BCUT2D eigenvalue weighted by Crippen LogP contribution is -2.00. The minimum absolute atomic E-state index is 0.0287. The van der Waals surface area contributed by atoms with Crippen LogP contribution < -0.4 is 0 Å². The van der Waals surface area contributed by atoms with Gasteiger partial charge >= 0.3 is 0 Å². The molecule has 0 fully saturated rings. The molecule has 0 saturated heterocycles. The Bertz CT molecular complexity index is 3460. The molecule has 11 aromatic rings. The minimum Gasteiger partial charge on any atom is -0.455 e. The van der Waals surface area contributed by atoms with Gasteiger partial charge in [-0.1, -0.05) is 152 Å². The van der Waals surface area contributed by atoms with Gasteiger partial charge in [0, 0.05) is 49.5 Å². The van der Waals surface area contributed by atoms with Gasteiger partial charge in [0.15, 0.2) is 17.5 Å². The molecule has 3 heterocycles. The number of nitrogens with zero attached hydrogens (tertiary/aromatic N) is 4. The molecule has 0 aliphatic heterocycles. The minimum atomic E-state index is -0.168. The fourth-order valence-electron chi connectivity index (χ4n) is 7.55. The standard InChI is InChI=1S/C51H32N4O/c1-4-15-33(16-5-1)36-21-14-22-37(29-36)43-31-39(55-45-25-12-10-23-40(45)41-24-11-13-26-46(41)55)32-44-42-28-27-38(30-47(42)56-48(43)44)51-53-49(34-17-6-2-7-18-34)52-50(54-51)35-19-8-3-9-20-35/h1-32H/i10D,11D,23D,24D,25D,26D. The van der Waals surface area contributed by atoms with E-state index in [2.05, 4.69) is 24.3 Å². The summed E-state index contributed by atoms with van der Waals surface area (Å²) in [5, 5.41) is 1.95. The lowest BCUT2D eigenvalue weighted by molar-refractivity contribution is 0.670. The van der Waals surface area contributed by atoms with Crippen molar-refractivity contribution in [1.29, 1.82) is 0 Å². The number of furan rings is 1. The Kier molecular flexibility index (Phi) is 6.10. The predicted molar refractivity (Wildman–Crippen MR) is 229 cm³/mol. The Morgan fingerprint density at radius 2 is 0.964 bits per heavy atom. The molecule has 0 saturated carbocycles. The largest absolute Gasteiger partial charge is 0.455 e. The van der Waals surface area contributed by atoms with E-state index in [1.54, 1.807) is 4.57 Å². The van der Waals surface area contributed by atoms with Crippen molar-refractivity contribution in [2.75, 3.05) is 0 Å². The fourth-order valence-corrected chi connectivity index (χ4v) is 7.55. The summed E-state index contributed by atoms with van der Waals surface area (Å²) >= 11 is 0. The first kappa shape index (κ1) is 26.2. The lowest BCUT2D eigenvalue weighted by atomic mass is 9.97. The fraction of sp³-hybridized carbons (Fsp3) is 0. The molecule has 8 aromatic carbocycles. The maximum Gasteiger partial charge on any atom is 0.164 e. The second-order valence-corrected chi connectivity index (χ2v) is 13.6. The van der Waals surface area contributed by atoms with E-state index in [0.29, 0.717) is 34.3 Å². The molecule has 11 rings (SSSR count). The summed E-state index contributed by atoms with van der Waals surface area (Å²) in [6.45, 7) is 0. The summed E-state index contributed by atoms with van der Waals surface area (Å²) in [4.78, 5) is 14.8. The Morgan fingerprint density at radius 1 is 0.411 bits per heavy atom. The van der Waals surface area contributed by atoms with Crippen LogP contribution in [0, 0.1) is 0 Å². The van der Waals surface area contributed by atoms with Crippen LogP contribution in [-0.2, 0) is 0 Å². The smallest absolute Gasteiger partial charge is 0.164 e. The van der Waals surface area contributed by atoms with Crippen LogP contribution in [0.1, 0.15) is 8.22 Å². The van der Waals surface area contributed by atoms with Gasteiger partial charge in [0.25, 0.3) is 0 Å². The van der Waals surface area contributed by atoms with Gasteiger partial charge in [0.05, 0.1) is 19.3 Å². The molecule has 0 aliphatic rings. The number of benzene rings is 8. The molecule has 0 aliphatic carbocycles. The maximum absolute atomic E-state index is 9.14. The van der Waals surface area contributed by atoms with Gasteiger partial charge in [-0.25, -0.2) is 15.0 Å². The van der Waals surface area contributed by atoms with E-state index in [4.69, 9.17) is 27.6 Å². The molecule has 56 heavy (non-hydrogen) atoms. The van der Waals surface area contributed by atoms with E-state index in [9.17, 15) is 0 Å². The average molecular weight is 723 g/mol. The summed E-state index contributed by atoms with van der Waals surface area (Å²) in [6.07, 6.45) is 0. The number of para-hydroxylation sites is 2. The molecular formula is C51H32N4O. The first-order valence-corrected chi connectivity index (χ1v) is 18.3. The third-order valence-corrected chi connectivity index (χ3v) is 10.2. The molecule has 0 unspecified atom stereocenters. The van der Waals surface area contributed by atoms with Crippen molar-refractivity contribution in [2.24, 2.45) is 0 Å². The van der Waals surface area contributed by atoms with Crippen LogP contribution in [0.3, 0.4) is 0 Å². The Hall–Kier alpha value is -7.63. The van der Waals surface area contributed by atoms with E-state index < -0.39 is 0 Å². The molecule has 0 bridgehead atoms. The number of hydrogen-bond donors (Lipinski definition) is 0. The summed E-state index contributed by atoms with van der Waals surface area (Å²) in [7, 11) is 0. The van der Waals surface area contributed by atoms with Gasteiger partial charge in [-0.2, -0.15) is 0 Å². The molecular weight excluding hydrogens is 685 g/mol. The van der Waals surface area contributed by atoms with Crippen LogP contribution in [0.2, 0.25) is 0 Å². The topological polar surface area (TPSA) is 56.7 Å². The zero-order valence-corrected chi connectivity index (χ0v) is 29.7. The first-order valence-electron chi connectivity index (χ1n) is 21.3. The van der Waals surface area contributed by atoms with E-state index in [-0.39, 0.29) is 58.1 Å². The van der Waals surface area contributed by atoms with Crippen molar-refractivity contribution in [2.45, 2.75) is 0 Å². The quantitative estimate of drug-likeness (QED) is 0.171. The summed E-state index contributed by atoms with van der Waals surface area (Å²) in [6, 6.07) is 49.6. The Morgan fingerprint density at radius 3 is 1.59 bits per heavy atom. The second kappa shape index (κ2) is 13.0. The Labute approximate surface area is 331 Å². The molecule has 3 aromatic heterocycles. The van der Waals surface area contributed by atoms with Crippen molar-refractivity contribution in [3.63, 3.8) is 0 Å².